The number of carbonyl (C=O) groups is 2. The third kappa shape index (κ3) is 7.07. The molecule has 3 aromatic carbocycles. The number of nitrogens with two attached hydrogens (primary N) is 2. The van der Waals surface area contributed by atoms with E-state index < -0.39 is 17.9 Å². The van der Waals surface area contributed by atoms with Gasteiger partial charge in [-0.1, -0.05) is 72.8 Å². The molecule has 0 aliphatic carbocycles. The van der Waals surface area contributed by atoms with E-state index in [1.807, 2.05) is 60.7 Å². The van der Waals surface area contributed by atoms with Crippen molar-refractivity contribution in [3.8, 4) is 5.75 Å². The molecular formula is C27H31N5O3. The predicted molar refractivity (Wildman–Crippen MR) is 136 cm³/mol. The third-order valence-corrected chi connectivity index (χ3v) is 5.73. The van der Waals surface area contributed by atoms with Gasteiger partial charge in [-0.3, -0.25) is 15.0 Å². The summed E-state index contributed by atoms with van der Waals surface area (Å²) in [6.07, 6.45) is 0.759. The Morgan fingerprint density at radius 3 is 2.03 bits per heavy atom. The highest BCUT2D eigenvalue weighted by molar-refractivity contribution is 5.92. The van der Waals surface area contributed by atoms with Crippen molar-refractivity contribution in [1.82, 2.24) is 10.2 Å². The summed E-state index contributed by atoms with van der Waals surface area (Å²) >= 11 is 0. The average Bonchev–Trinajstić information content (AvgIpc) is 2.84. The summed E-state index contributed by atoms with van der Waals surface area (Å²) in [5.41, 5.74) is 13.4. The normalized spacial score (nSPS) is 11.6. The number of phenolic OH excluding ortho intramolecular Hbond substituents is 1. The van der Waals surface area contributed by atoms with E-state index >= 15 is 0 Å². The van der Waals surface area contributed by atoms with Crippen molar-refractivity contribution in [3.63, 3.8) is 0 Å². The van der Waals surface area contributed by atoms with Crippen molar-refractivity contribution in [2.75, 3.05) is 6.54 Å². The van der Waals surface area contributed by atoms with Gasteiger partial charge < -0.3 is 26.8 Å². The van der Waals surface area contributed by atoms with Gasteiger partial charge in [0.05, 0.1) is 5.92 Å². The second-order valence-corrected chi connectivity index (χ2v) is 8.29. The van der Waals surface area contributed by atoms with Crippen LogP contribution in [-0.2, 0) is 16.1 Å². The van der Waals surface area contributed by atoms with Gasteiger partial charge in [-0.2, -0.15) is 0 Å². The minimum atomic E-state index is -0.895. The Balaban J connectivity index is 2.01. The van der Waals surface area contributed by atoms with Gasteiger partial charge in [0.2, 0.25) is 11.8 Å². The molecule has 0 saturated heterocycles. The van der Waals surface area contributed by atoms with Gasteiger partial charge in [-0.15, -0.1) is 0 Å². The molecule has 8 heteroatoms. The van der Waals surface area contributed by atoms with Crippen molar-refractivity contribution < 1.29 is 14.7 Å². The number of nitrogens with one attached hydrogen (secondary N) is 2. The lowest BCUT2D eigenvalue weighted by molar-refractivity contribution is -0.141. The summed E-state index contributed by atoms with van der Waals surface area (Å²) in [5.74, 6) is -1.64. The highest BCUT2D eigenvalue weighted by atomic mass is 16.3. The molecular weight excluding hydrogens is 442 g/mol. The number of hydrogen-bond donors (Lipinski definition) is 5. The fourth-order valence-corrected chi connectivity index (χ4v) is 4.10. The van der Waals surface area contributed by atoms with Crippen molar-refractivity contribution in [3.05, 3.63) is 102 Å². The molecule has 0 bridgehead atoms. The van der Waals surface area contributed by atoms with Crippen LogP contribution in [0.15, 0.2) is 84.9 Å². The highest BCUT2D eigenvalue weighted by Crippen LogP contribution is 2.29. The van der Waals surface area contributed by atoms with Gasteiger partial charge in [-0.25, -0.2) is 0 Å². The van der Waals surface area contributed by atoms with E-state index in [2.05, 4.69) is 5.32 Å². The lowest BCUT2D eigenvalue weighted by Crippen LogP contribution is -2.49. The zero-order valence-corrected chi connectivity index (χ0v) is 19.4. The molecule has 0 heterocycles. The van der Waals surface area contributed by atoms with Crippen LogP contribution in [0.3, 0.4) is 0 Å². The Morgan fingerprint density at radius 1 is 0.914 bits per heavy atom. The average molecular weight is 474 g/mol. The number of hydrogen-bond acceptors (Lipinski definition) is 4. The fraction of sp³-hybridized carbons (Fsp3) is 0.222. The van der Waals surface area contributed by atoms with E-state index in [0.29, 0.717) is 18.5 Å². The second kappa shape index (κ2) is 12.2. The minimum Gasteiger partial charge on any atom is -0.508 e. The molecule has 0 aliphatic heterocycles. The lowest BCUT2D eigenvalue weighted by atomic mass is 9.89. The number of guanidine groups is 1. The number of carbonyl (C=O) groups excluding carboxylic acids is 2. The first kappa shape index (κ1) is 25.3. The van der Waals surface area contributed by atoms with Crippen LogP contribution in [0.2, 0.25) is 0 Å². The Kier molecular flexibility index (Phi) is 8.83. The molecule has 0 aliphatic rings. The van der Waals surface area contributed by atoms with Crippen LogP contribution < -0.4 is 16.8 Å². The quantitative estimate of drug-likeness (QED) is 0.165. The van der Waals surface area contributed by atoms with Gasteiger partial charge in [0.15, 0.2) is 5.96 Å². The Bertz CT molecular complexity index is 1100. The molecule has 8 nitrogen and oxygen atoms in total. The predicted octanol–water partition coefficient (Wildman–Crippen LogP) is 2.67. The summed E-state index contributed by atoms with van der Waals surface area (Å²) in [5, 5.41) is 20.0. The van der Waals surface area contributed by atoms with E-state index in [4.69, 9.17) is 16.9 Å². The molecule has 2 amide bonds. The van der Waals surface area contributed by atoms with Gasteiger partial charge in [0.1, 0.15) is 11.8 Å². The number of aromatic hydroxyl groups is 1. The lowest BCUT2D eigenvalue weighted by Gasteiger charge is -2.33. The number of benzene rings is 3. The first-order valence-electron chi connectivity index (χ1n) is 11.4. The SMILES string of the molecule is N=C(N)NCCC[C@@H](C(N)=O)N(Cc1cccc(O)c1)C(=O)C(c1ccccc1)c1ccccc1. The molecule has 182 valence electrons. The largest absolute Gasteiger partial charge is 0.508 e. The molecule has 7 N–H and O–H groups in total. The van der Waals surface area contributed by atoms with E-state index in [1.54, 1.807) is 24.3 Å². The zero-order valence-electron chi connectivity index (χ0n) is 19.4. The number of primary amides is 1. The molecule has 0 unspecified atom stereocenters. The summed E-state index contributed by atoms with van der Waals surface area (Å²) < 4.78 is 0. The first-order chi connectivity index (χ1) is 16.9. The van der Waals surface area contributed by atoms with E-state index in [-0.39, 0.29) is 30.6 Å². The summed E-state index contributed by atoms with van der Waals surface area (Å²) in [7, 11) is 0. The number of phenols is 1. The fourth-order valence-electron chi connectivity index (χ4n) is 4.10. The molecule has 0 spiro atoms. The van der Waals surface area contributed by atoms with Crippen molar-refractivity contribution in [1.29, 1.82) is 5.41 Å². The summed E-state index contributed by atoms with van der Waals surface area (Å²) in [6, 6.07) is 24.5. The number of rotatable bonds is 11. The van der Waals surface area contributed by atoms with Crippen LogP contribution in [0, 0.1) is 5.41 Å². The van der Waals surface area contributed by atoms with E-state index in [0.717, 1.165) is 11.1 Å². The number of amides is 2. The maximum atomic E-state index is 14.2. The molecule has 0 fully saturated rings. The molecule has 3 aromatic rings. The van der Waals surface area contributed by atoms with Gasteiger partial charge in [0.25, 0.3) is 0 Å². The van der Waals surface area contributed by atoms with Crippen molar-refractivity contribution in [2.24, 2.45) is 11.5 Å². The number of nitrogens with zero attached hydrogens (tertiary/aromatic N) is 1. The molecule has 1 atom stereocenters. The molecule has 35 heavy (non-hydrogen) atoms. The van der Waals surface area contributed by atoms with Crippen molar-refractivity contribution in [2.45, 2.75) is 31.3 Å². The smallest absolute Gasteiger partial charge is 0.240 e. The Labute approximate surface area is 205 Å². The van der Waals surface area contributed by atoms with E-state index in [1.165, 1.54) is 4.90 Å². The molecule has 0 radical (unpaired) electrons. The maximum Gasteiger partial charge on any atom is 0.240 e. The minimum absolute atomic E-state index is 0.0684. The topological polar surface area (TPSA) is 146 Å². The maximum absolute atomic E-state index is 14.2. The molecule has 3 rings (SSSR count). The summed E-state index contributed by atoms with van der Waals surface area (Å²) in [4.78, 5) is 28.3. The molecule has 0 saturated carbocycles. The van der Waals surface area contributed by atoms with Crippen LogP contribution in [0.1, 0.15) is 35.4 Å². The van der Waals surface area contributed by atoms with Crippen LogP contribution in [-0.4, -0.2) is 40.4 Å². The highest BCUT2D eigenvalue weighted by Gasteiger charge is 2.34. The third-order valence-electron chi connectivity index (χ3n) is 5.73. The molecule has 0 aromatic heterocycles. The van der Waals surface area contributed by atoms with E-state index in [9.17, 15) is 14.7 Å². The zero-order chi connectivity index (χ0) is 25.2. The van der Waals surface area contributed by atoms with Crippen LogP contribution in [0.25, 0.3) is 0 Å². The van der Waals surface area contributed by atoms with Crippen LogP contribution in [0.4, 0.5) is 0 Å². The Morgan fingerprint density at radius 2 is 1.51 bits per heavy atom. The summed E-state index contributed by atoms with van der Waals surface area (Å²) in [6.45, 7) is 0.464. The van der Waals surface area contributed by atoms with Crippen LogP contribution in [0.5, 0.6) is 5.75 Å². The van der Waals surface area contributed by atoms with Crippen LogP contribution >= 0.6 is 0 Å². The monoisotopic (exact) mass is 473 g/mol. The standard InChI is InChI=1S/C27H31N5O3/c28-25(34)23(15-8-16-31-27(29)30)32(18-19-9-7-14-22(33)17-19)26(35)24(20-10-3-1-4-11-20)21-12-5-2-6-13-21/h1-7,9-14,17,23-24,33H,8,15-16,18H2,(H2,28,34)(H4,29,30,31)/t23-/m0/s1. The second-order valence-electron chi connectivity index (χ2n) is 8.29. The van der Waals surface area contributed by atoms with Crippen molar-refractivity contribution >= 4 is 17.8 Å². The Hall–Kier alpha value is -4.33. The first-order valence-corrected chi connectivity index (χ1v) is 11.4. The van der Waals surface area contributed by atoms with Gasteiger partial charge in [0, 0.05) is 13.1 Å². The van der Waals surface area contributed by atoms with Gasteiger partial charge >= 0.3 is 0 Å². The van der Waals surface area contributed by atoms with Gasteiger partial charge in [-0.05, 0) is 41.7 Å².